The lowest BCUT2D eigenvalue weighted by molar-refractivity contribution is 0.0636. The van der Waals surface area contributed by atoms with E-state index in [4.69, 9.17) is 11.2 Å². The normalized spacial score (nSPS) is 10.6. The van der Waals surface area contributed by atoms with Gasteiger partial charge in [-0.2, -0.15) is 0 Å². The molecule has 0 aromatic heterocycles. The van der Waals surface area contributed by atoms with E-state index in [9.17, 15) is 9.18 Å². The van der Waals surface area contributed by atoms with Crippen molar-refractivity contribution in [3.05, 3.63) is 29.6 Å². The molecule has 0 atom stereocenters. The SMILES string of the molecule is C#CCc1cc(NC(=O)OC(C)(C)C)ccc1F. The Morgan fingerprint density at radius 2 is 2.17 bits per heavy atom. The first-order chi connectivity index (χ1) is 8.31. The van der Waals surface area contributed by atoms with Crippen LogP contribution in [-0.4, -0.2) is 11.7 Å². The number of anilines is 1. The molecule has 0 saturated carbocycles. The van der Waals surface area contributed by atoms with Gasteiger partial charge >= 0.3 is 6.09 Å². The predicted molar refractivity (Wildman–Crippen MR) is 68.8 cm³/mol. The van der Waals surface area contributed by atoms with Gasteiger partial charge < -0.3 is 4.74 Å². The zero-order valence-electron chi connectivity index (χ0n) is 10.7. The number of carbonyl (C=O) groups is 1. The lowest BCUT2D eigenvalue weighted by Crippen LogP contribution is -2.27. The van der Waals surface area contributed by atoms with Crippen LogP contribution in [0, 0.1) is 18.2 Å². The minimum atomic E-state index is -0.583. The molecule has 0 aliphatic heterocycles. The maximum Gasteiger partial charge on any atom is 0.412 e. The van der Waals surface area contributed by atoms with Crippen LogP contribution in [0.15, 0.2) is 18.2 Å². The highest BCUT2D eigenvalue weighted by Gasteiger charge is 2.16. The number of carbonyl (C=O) groups excluding carboxylic acids is 1. The lowest BCUT2D eigenvalue weighted by atomic mass is 10.1. The summed E-state index contributed by atoms with van der Waals surface area (Å²) in [7, 11) is 0. The summed E-state index contributed by atoms with van der Waals surface area (Å²) < 4.78 is 18.4. The van der Waals surface area contributed by atoms with Crippen LogP contribution in [0.25, 0.3) is 0 Å². The van der Waals surface area contributed by atoms with E-state index in [0.29, 0.717) is 11.3 Å². The van der Waals surface area contributed by atoms with E-state index in [-0.39, 0.29) is 12.2 Å². The van der Waals surface area contributed by atoms with Crippen molar-refractivity contribution in [2.24, 2.45) is 0 Å². The zero-order valence-corrected chi connectivity index (χ0v) is 10.7. The molecule has 1 aromatic carbocycles. The molecule has 0 spiro atoms. The quantitative estimate of drug-likeness (QED) is 0.816. The third-order valence-corrected chi connectivity index (χ3v) is 1.98. The molecular weight excluding hydrogens is 233 g/mol. The number of nitrogens with one attached hydrogen (secondary N) is 1. The van der Waals surface area contributed by atoms with Crippen LogP contribution in [0.4, 0.5) is 14.9 Å². The number of hydrogen-bond acceptors (Lipinski definition) is 2. The summed E-state index contributed by atoms with van der Waals surface area (Å²) in [5, 5.41) is 2.53. The third-order valence-electron chi connectivity index (χ3n) is 1.98. The van der Waals surface area contributed by atoms with Gasteiger partial charge in [0.15, 0.2) is 0 Å². The molecule has 0 bridgehead atoms. The Bertz CT molecular complexity index is 484. The molecular formula is C14H16FNO2. The Labute approximate surface area is 106 Å². The minimum absolute atomic E-state index is 0.176. The second kappa shape index (κ2) is 5.54. The molecule has 3 nitrogen and oxygen atoms in total. The van der Waals surface area contributed by atoms with Crippen molar-refractivity contribution in [2.75, 3.05) is 5.32 Å². The molecule has 0 unspecified atom stereocenters. The van der Waals surface area contributed by atoms with Gasteiger partial charge in [-0.1, -0.05) is 0 Å². The summed E-state index contributed by atoms with van der Waals surface area (Å²) in [6, 6.07) is 4.22. The van der Waals surface area contributed by atoms with Crippen LogP contribution in [0.3, 0.4) is 0 Å². The summed E-state index contributed by atoms with van der Waals surface area (Å²) >= 11 is 0. The highest BCUT2D eigenvalue weighted by Crippen LogP contribution is 2.16. The molecule has 1 rings (SSSR count). The van der Waals surface area contributed by atoms with Crippen LogP contribution < -0.4 is 5.32 Å². The van der Waals surface area contributed by atoms with Gasteiger partial charge in [0.1, 0.15) is 11.4 Å². The summed E-state index contributed by atoms with van der Waals surface area (Å²) in [6.45, 7) is 5.29. The van der Waals surface area contributed by atoms with E-state index in [2.05, 4.69) is 11.2 Å². The van der Waals surface area contributed by atoms with E-state index >= 15 is 0 Å². The van der Waals surface area contributed by atoms with E-state index < -0.39 is 11.7 Å². The molecule has 0 aliphatic rings. The Morgan fingerprint density at radius 3 is 2.72 bits per heavy atom. The second-order valence-corrected chi connectivity index (χ2v) is 4.81. The van der Waals surface area contributed by atoms with E-state index in [1.54, 1.807) is 20.8 Å². The van der Waals surface area contributed by atoms with Crippen LogP contribution in [0.1, 0.15) is 26.3 Å². The van der Waals surface area contributed by atoms with Gasteiger partial charge in [-0.15, -0.1) is 12.3 Å². The van der Waals surface area contributed by atoms with Crippen molar-refractivity contribution >= 4 is 11.8 Å². The van der Waals surface area contributed by atoms with Gasteiger partial charge in [0.2, 0.25) is 0 Å². The smallest absolute Gasteiger partial charge is 0.412 e. The molecule has 0 fully saturated rings. The Balaban J connectivity index is 2.77. The highest BCUT2D eigenvalue weighted by molar-refractivity contribution is 5.84. The summed E-state index contributed by atoms with van der Waals surface area (Å²) in [6.07, 6.45) is 4.73. The minimum Gasteiger partial charge on any atom is -0.444 e. The average molecular weight is 249 g/mol. The van der Waals surface area contributed by atoms with Crippen molar-refractivity contribution in [3.8, 4) is 12.3 Å². The van der Waals surface area contributed by atoms with E-state index in [1.807, 2.05) is 0 Å². The summed E-state index contributed by atoms with van der Waals surface area (Å²) in [4.78, 5) is 11.5. The van der Waals surface area contributed by atoms with Gasteiger partial charge in [0.25, 0.3) is 0 Å². The van der Waals surface area contributed by atoms with Crippen LogP contribution in [0.2, 0.25) is 0 Å². The fourth-order valence-corrected chi connectivity index (χ4v) is 1.32. The van der Waals surface area contributed by atoms with Crippen molar-refractivity contribution in [1.82, 2.24) is 0 Å². The second-order valence-electron chi connectivity index (χ2n) is 4.81. The van der Waals surface area contributed by atoms with Crippen molar-refractivity contribution in [3.63, 3.8) is 0 Å². The number of rotatable bonds is 2. The first-order valence-corrected chi connectivity index (χ1v) is 5.54. The molecule has 4 heteroatoms. The highest BCUT2D eigenvalue weighted by atomic mass is 19.1. The van der Waals surface area contributed by atoms with Crippen molar-refractivity contribution < 1.29 is 13.9 Å². The monoisotopic (exact) mass is 249 g/mol. The fraction of sp³-hybridized carbons (Fsp3) is 0.357. The first-order valence-electron chi connectivity index (χ1n) is 5.54. The largest absolute Gasteiger partial charge is 0.444 e. The predicted octanol–water partition coefficient (Wildman–Crippen LogP) is 3.35. The van der Waals surface area contributed by atoms with E-state index in [1.165, 1.54) is 18.2 Å². The maximum atomic E-state index is 13.3. The molecule has 1 aromatic rings. The van der Waals surface area contributed by atoms with Crippen LogP contribution in [0.5, 0.6) is 0 Å². The molecule has 0 heterocycles. The molecule has 0 radical (unpaired) electrons. The number of halogens is 1. The Kier molecular flexibility index (Phi) is 4.33. The third kappa shape index (κ3) is 4.46. The van der Waals surface area contributed by atoms with Gasteiger partial charge in [-0.05, 0) is 39.0 Å². The number of terminal acetylenes is 1. The summed E-state index contributed by atoms with van der Waals surface area (Å²) in [5.41, 5.74) is 0.244. The van der Waals surface area contributed by atoms with Gasteiger partial charge in [-0.25, -0.2) is 9.18 Å². The molecule has 0 saturated heterocycles. The average Bonchev–Trinajstić information content (AvgIpc) is 2.20. The lowest BCUT2D eigenvalue weighted by Gasteiger charge is -2.19. The van der Waals surface area contributed by atoms with E-state index in [0.717, 1.165) is 0 Å². The molecule has 1 N–H and O–H groups in total. The number of hydrogen-bond donors (Lipinski definition) is 1. The number of ether oxygens (including phenoxy) is 1. The van der Waals surface area contributed by atoms with Gasteiger partial charge in [-0.3, -0.25) is 5.32 Å². The fourth-order valence-electron chi connectivity index (χ4n) is 1.32. The number of amides is 1. The first kappa shape index (κ1) is 14.0. The van der Waals surface area contributed by atoms with Crippen LogP contribution in [-0.2, 0) is 11.2 Å². The Morgan fingerprint density at radius 1 is 1.50 bits per heavy atom. The Hall–Kier alpha value is -2.02. The van der Waals surface area contributed by atoms with Crippen molar-refractivity contribution in [2.45, 2.75) is 32.8 Å². The van der Waals surface area contributed by atoms with Gasteiger partial charge in [0, 0.05) is 17.7 Å². The molecule has 96 valence electrons. The van der Waals surface area contributed by atoms with Crippen molar-refractivity contribution in [1.29, 1.82) is 0 Å². The van der Waals surface area contributed by atoms with Gasteiger partial charge in [0.05, 0.1) is 0 Å². The summed E-state index contributed by atoms with van der Waals surface area (Å²) in [5.74, 6) is 1.97. The standard InChI is InChI=1S/C14H16FNO2/c1-5-6-10-9-11(7-8-12(10)15)16-13(17)18-14(2,3)4/h1,7-9H,6H2,2-4H3,(H,16,17). The topological polar surface area (TPSA) is 38.3 Å². The van der Waals surface area contributed by atoms with Crippen LogP contribution >= 0.6 is 0 Å². The number of benzene rings is 1. The maximum absolute atomic E-state index is 13.3. The zero-order chi connectivity index (χ0) is 13.8. The molecule has 0 aliphatic carbocycles. The molecule has 1 amide bonds. The molecule has 18 heavy (non-hydrogen) atoms.